The summed E-state index contributed by atoms with van der Waals surface area (Å²) in [5.41, 5.74) is 3.02. The number of hydrogen-bond acceptors (Lipinski definition) is 4. The van der Waals surface area contributed by atoms with Crippen LogP contribution in [0.1, 0.15) is 5.56 Å². The van der Waals surface area contributed by atoms with E-state index in [9.17, 15) is 4.79 Å². The molecular weight excluding hydrogens is 328 g/mol. The minimum absolute atomic E-state index is 0.119. The van der Waals surface area contributed by atoms with E-state index in [2.05, 4.69) is 4.74 Å². The van der Waals surface area contributed by atoms with Gasteiger partial charge < -0.3 is 14.2 Å². The smallest absolute Gasteiger partial charge is 0.343 e. The minimum atomic E-state index is -0.413. The van der Waals surface area contributed by atoms with Crippen molar-refractivity contribution in [2.75, 3.05) is 13.7 Å². The van der Waals surface area contributed by atoms with Crippen molar-refractivity contribution in [1.82, 2.24) is 0 Å². The van der Waals surface area contributed by atoms with E-state index in [1.165, 1.54) is 7.11 Å². The number of carbonyl (C=O) groups is 1. The zero-order valence-electron chi connectivity index (χ0n) is 14.6. The van der Waals surface area contributed by atoms with Crippen LogP contribution in [0.5, 0.6) is 11.5 Å². The van der Waals surface area contributed by atoms with Gasteiger partial charge in [0.05, 0.1) is 7.11 Å². The zero-order valence-corrected chi connectivity index (χ0v) is 14.6. The number of carbonyl (C=O) groups excluding carboxylic acids is 1. The first-order valence-corrected chi connectivity index (χ1v) is 8.32. The maximum atomic E-state index is 11.3. The first kappa shape index (κ1) is 17.5. The van der Waals surface area contributed by atoms with Gasteiger partial charge in [-0.2, -0.15) is 0 Å². The normalized spacial score (nSPS) is 10.2. The summed E-state index contributed by atoms with van der Waals surface area (Å²) in [7, 11) is 1.34. The van der Waals surface area contributed by atoms with Gasteiger partial charge in [-0.05, 0) is 29.3 Å². The average molecular weight is 348 g/mol. The van der Waals surface area contributed by atoms with Gasteiger partial charge >= 0.3 is 5.97 Å². The van der Waals surface area contributed by atoms with Crippen molar-refractivity contribution >= 4 is 5.97 Å². The molecule has 0 aromatic heterocycles. The summed E-state index contributed by atoms with van der Waals surface area (Å²) < 4.78 is 16.0. The zero-order chi connectivity index (χ0) is 18.2. The summed E-state index contributed by atoms with van der Waals surface area (Å²) in [6, 6.07) is 25.4. The Bertz CT molecular complexity index is 842. The predicted octanol–water partition coefficient (Wildman–Crippen LogP) is 4.48. The van der Waals surface area contributed by atoms with E-state index in [1.54, 1.807) is 0 Å². The molecule has 0 aliphatic carbocycles. The van der Waals surface area contributed by atoms with Crippen molar-refractivity contribution in [1.29, 1.82) is 0 Å². The van der Waals surface area contributed by atoms with Crippen molar-refractivity contribution in [3.8, 4) is 22.6 Å². The molecule has 0 fully saturated rings. The van der Waals surface area contributed by atoms with Crippen LogP contribution in [0.3, 0.4) is 0 Å². The van der Waals surface area contributed by atoms with E-state index in [1.807, 2.05) is 78.9 Å². The fraction of sp³-hybridized carbons (Fsp3) is 0.136. The van der Waals surface area contributed by atoms with E-state index in [0.717, 1.165) is 22.4 Å². The molecule has 0 heterocycles. The van der Waals surface area contributed by atoms with Crippen LogP contribution in [0.25, 0.3) is 11.1 Å². The molecule has 26 heavy (non-hydrogen) atoms. The first-order valence-electron chi connectivity index (χ1n) is 8.32. The van der Waals surface area contributed by atoms with Crippen LogP contribution in [0, 0.1) is 0 Å². The molecule has 3 aromatic rings. The van der Waals surface area contributed by atoms with Crippen LogP contribution in [-0.4, -0.2) is 19.7 Å². The first-order chi connectivity index (χ1) is 12.8. The van der Waals surface area contributed by atoms with Crippen LogP contribution in [0.15, 0.2) is 78.9 Å². The monoisotopic (exact) mass is 348 g/mol. The molecule has 4 nitrogen and oxygen atoms in total. The average Bonchev–Trinajstić information content (AvgIpc) is 2.72. The lowest BCUT2D eigenvalue weighted by molar-refractivity contribution is -0.142. The Morgan fingerprint density at radius 3 is 2.23 bits per heavy atom. The molecule has 3 rings (SSSR count). The molecule has 0 aliphatic heterocycles. The fourth-order valence-corrected chi connectivity index (χ4v) is 2.50. The third-order valence-corrected chi connectivity index (χ3v) is 3.87. The molecular formula is C22H20O4. The summed E-state index contributed by atoms with van der Waals surface area (Å²) in [6.07, 6.45) is 0. The number of methoxy groups -OCH3 is 1. The second-order valence-electron chi connectivity index (χ2n) is 5.66. The number of ether oxygens (including phenoxy) is 3. The number of rotatable bonds is 7. The van der Waals surface area contributed by atoms with Crippen LogP contribution in [0.2, 0.25) is 0 Å². The highest BCUT2D eigenvalue weighted by Gasteiger charge is 2.08. The van der Waals surface area contributed by atoms with Gasteiger partial charge in [0.15, 0.2) is 6.61 Å². The topological polar surface area (TPSA) is 44.8 Å². The SMILES string of the molecule is COC(=O)COc1ccccc1-c1ccc(OCc2ccccc2)cc1. The fourth-order valence-electron chi connectivity index (χ4n) is 2.50. The molecule has 0 amide bonds. The molecule has 3 aromatic carbocycles. The Labute approximate surface area is 153 Å². The molecule has 132 valence electrons. The van der Waals surface area contributed by atoms with Crippen LogP contribution >= 0.6 is 0 Å². The van der Waals surface area contributed by atoms with Gasteiger partial charge in [0, 0.05) is 5.56 Å². The maximum absolute atomic E-state index is 11.3. The molecule has 0 spiro atoms. The van der Waals surface area contributed by atoms with E-state index in [0.29, 0.717) is 12.4 Å². The number of hydrogen-bond donors (Lipinski definition) is 0. The van der Waals surface area contributed by atoms with Gasteiger partial charge in [0.1, 0.15) is 18.1 Å². The van der Waals surface area contributed by atoms with E-state index in [-0.39, 0.29) is 6.61 Å². The molecule has 0 saturated heterocycles. The minimum Gasteiger partial charge on any atom is -0.489 e. The molecule has 0 N–H and O–H groups in total. The quantitative estimate of drug-likeness (QED) is 0.590. The van der Waals surface area contributed by atoms with Crippen molar-refractivity contribution in [2.45, 2.75) is 6.61 Å². The Morgan fingerprint density at radius 1 is 0.808 bits per heavy atom. The van der Waals surface area contributed by atoms with Gasteiger partial charge in [-0.15, -0.1) is 0 Å². The lowest BCUT2D eigenvalue weighted by Gasteiger charge is -2.12. The highest BCUT2D eigenvalue weighted by atomic mass is 16.6. The largest absolute Gasteiger partial charge is 0.489 e. The van der Waals surface area contributed by atoms with Crippen LogP contribution in [-0.2, 0) is 16.1 Å². The van der Waals surface area contributed by atoms with Gasteiger partial charge in [-0.3, -0.25) is 0 Å². The predicted molar refractivity (Wildman–Crippen MR) is 100 cm³/mol. The van der Waals surface area contributed by atoms with E-state index >= 15 is 0 Å². The third kappa shape index (κ3) is 4.63. The van der Waals surface area contributed by atoms with Gasteiger partial charge in [0.2, 0.25) is 0 Å². The Morgan fingerprint density at radius 2 is 1.50 bits per heavy atom. The van der Waals surface area contributed by atoms with Crippen LogP contribution < -0.4 is 9.47 Å². The Kier molecular flexibility index (Phi) is 5.88. The standard InChI is InChI=1S/C22H20O4/c1-24-22(23)16-26-21-10-6-5-9-20(21)18-11-13-19(14-12-18)25-15-17-7-3-2-4-8-17/h2-14H,15-16H2,1H3. The highest BCUT2D eigenvalue weighted by Crippen LogP contribution is 2.31. The number of esters is 1. The number of benzene rings is 3. The number of para-hydroxylation sites is 1. The van der Waals surface area contributed by atoms with Gasteiger partial charge in [0.25, 0.3) is 0 Å². The summed E-state index contributed by atoms with van der Waals surface area (Å²) >= 11 is 0. The lowest BCUT2D eigenvalue weighted by atomic mass is 10.0. The molecule has 4 heteroatoms. The summed E-state index contributed by atoms with van der Waals surface area (Å²) in [5, 5.41) is 0. The molecule has 0 radical (unpaired) electrons. The molecule has 0 saturated carbocycles. The molecule has 0 atom stereocenters. The summed E-state index contributed by atoms with van der Waals surface area (Å²) in [6.45, 7) is 0.408. The van der Waals surface area contributed by atoms with Crippen LogP contribution in [0.4, 0.5) is 0 Å². The maximum Gasteiger partial charge on any atom is 0.343 e. The Balaban J connectivity index is 1.69. The second kappa shape index (κ2) is 8.72. The van der Waals surface area contributed by atoms with Gasteiger partial charge in [-0.25, -0.2) is 4.79 Å². The molecule has 0 aliphatic rings. The van der Waals surface area contributed by atoms with Crippen molar-refractivity contribution in [2.24, 2.45) is 0 Å². The molecule has 0 unspecified atom stereocenters. The lowest BCUT2D eigenvalue weighted by Crippen LogP contribution is -2.12. The van der Waals surface area contributed by atoms with Crippen molar-refractivity contribution < 1.29 is 19.0 Å². The molecule has 0 bridgehead atoms. The second-order valence-corrected chi connectivity index (χ2v) is 5.66. The Hall–Kier alpha value is -3.27. The summed E-state index contributed by atoms with van der Waals surface area (Å²) in [5.74, 6) is 1.02. The van der Waals surface area contributed by atoms with E-state index < -0.39 is 5.97 Å². The van der Waals surface area contributed by atoms with Crippen molar-refractivity contribution in [3.05, 3.63) is 84.4 Å². The highest BCUT2D eigenvalue weighted by molar-refractivity contribution is 5.73. The van der Waals surface area contributed by atoms with Crippen molar-refractivity contribution in [3.63, 3.8) is 0 Å². The third-order valence-electron chi connectivity index (χ3n) is 3.87. The van der Waals surface area contributed by atoms with E-state index in [4.69, 9.17) is 9.47 Å². The summed E-state index contributed by atoms with van der Waals surface area (Å²) in [4.78, 5) is 11.3. The van der Waals surface area contributed by atoms with Gasteiger partial charge in [-0.1, -0.05) is 60.7 Å².